The van der Waals surface area contributed by atoms with Crippen molar-refractivity contribution in [2.24, 2.45) is 0 Å². The summed E-state index contributed by atoms with van der Waals surface area (Å²) in [6, 6.07) is 5.85. The van der Waals surface area contributed by atoms with Crippen LogP contribution in [0, 0.1) is 13.8 Å². The van der Waals surface area contributed by atoms with Crippen LogP contribution in [0.15, 0.2) is 18.2 Å². The Balaban J connectivity index is 2.14. The second kappa shape index (κ2) is 6.79. The van der Waals surface area contributed by atoms with Gasteiger partial charge in [0.2, 0.25) is 10.0 Å². The molecule has 6 heteroatoms. The summed E-state index contributed by atoms with van der Waals surface area (Å²) in [4.78, 5) is 14.5. The fourth-order valence-electron chi connectivity index (χ4n) is 2.69. The Bertz CT molecular complexity index is 655. The normalized spacial score (nSPS) is 17.3. The van der Waals surface area contributed by atoms with Crippen LogP contribution >= 0.6 is 0 Å². The molecule has 0 aliphatic carbocycles. The van der Waals surface area contributed by atoms with Crippen molar-refractivity contribution < 1.29 is 13.2 Å². The van der Waals surface area contributed by atoms with Crippen LogP contribution in [0.4, 0.5) is 0 Å². The maximum Gasteiger partial charge on any atom is 0.254 e. The molecule has 122 valence electrons. The first-order valence-corrected chi connectivity index (χ1v) is 9.30. The molecule has 0 aromatic heterocycles. The van der Waals surface area contributed by atoms with Gasteiger partial charge in [0, 0.05) is 31.7 Å². The lowest BCUT2D eigenvalue weighted by molar-refractivity contribution is 0.0763. The number of aryl methyl sites for hydroxylation is 2. The van der Waals surface area contributed by atoms with E-state index in [9.17, 15) is 13.2 Å². The Morgan fingerprint density at radius 2 is 1.86 bits per heavy atom. The third kappa shape index (κ3) is 3.67. The van der Waals surface area contributed by atoms with Crippen molar-refractivity contribution in [2.75, 3.05) is 31.9 Å². The van der Waals surface area contributed by atoms with Crippen LogP contribution in [0.25, 0.3) is 0 Å². The highest BCUT2D eigenvalue weighted by molar-refractivity contribution is 7.89. The SMILES string of the molecule is CCS(=O)(=O)N1CCCN(C(=O)c2cc(C)ccc2C)CC1. The maximum atomic E-state index is 12.7. The molecule has 22 heavy (non-hydrogen) atoms. The van der Waals surface area contributed by atoms with Crippen molar-refractivity contribution in [2.45, 2.75) is 27.2 Å². The third-order valence-corrected chi connectivity index (χ3v) is 6.01. The molecule has 0 atom stereocenters. The van der Waals surface area contributed by atoms with E-state index in [4.69, 9.17) is 0 Å². The summed E-state index contributed by atoms with van der Waals surface area (Å²) in [5, 5.41) is 0. The Hall–Kier alpha value is -1.40. The zero-order chi connectivity index (χ0) is 16.3. The number of rotatable bonds is 3. The average molecular weight is 324 g/mol. The third-order valence-electron chi connectivity index (χ3n) is 4.12. The molecule has 1 fully saturated rings. The van der Waals surface area contributed by atoms with Crippen LogP contribution in [0.2, 0.25) is 0 Å². The number of carbonyl (C=O) groups is 1. The van der Waals surface area contributed by atoms with Gasteiger partial charge in [-0.2, -0.15) is 0 Å². The topological polar surface area (TPSA) is 57.7 Å². The van der Waals surface area contributed by atoms with E-state index in [1.54, 1.807) is 11.8 Å². The van der Waals surface area contributed by atoms with Gasteiger partial charge in [-0.05, 0) is 38.8 Å². The molecule has 0 bridgehead atoms. The minimum absolute atomic E-state index is 0.00283. The summed E-state index contributed by atoms with van der Waals surface area (Å²) >= 11 is 0. The summed E-state index contributed by atoms with van der Waals surface area (Å²) in [5.41, 5.74) is 2.73. The predicted octanol–water partition coefficient (Wildman–Crippen LogP) is 1.80. The van der Waals surface area contributed by atoms with E-state index >= 15 is 0 Å². The quantitative estimate of drug-likeness (QED) is 0.852. The van der Waals surface area contributed by atoms with Gasteiger partial charge in [0.05, 0.1) is 5.75 Å². The minimum Gasteiger partial charge on any atom is -0.337 e. The zero-order valence-electron chi connectivity index (χ0n) is 13.5. The molecule has 0 radical (unpaired) electrons. The second-order valence-electron chi connectivity index (χ2n) is 5.76. The first-order chi connectivity index (χ1) is 10.3. The molecular weight excluding hydrogens is 300 g/mol. The van der Waals surface area contributed by atoms with Gasteiger partial charge in [0.1, 0.15) is 0 Å². The lowest BCUT2D eigenvalue weighted by atomic mass is 10.0. The fraction of sp³-hybridized carbons (Fsp3) is 0.562. The molecule has 1 aliphatic rings. The molecule has 1 heterocycles. The number of hydrogen-bond donors (Lipinski definition) is 0. The summed E-state index contributed by atoms with van der Waals surface area (Å²) in [6.45, 7) is 7.47. The van der Waals surface area contributed by atoms with Gasteiger partial charge in [-0.15, -0.1) is 0 Å². The molecule has 1 aromatic rings. The number of sulfonamides is 1. The van der Waals surface area contributed by atoms with Crippen molar-refractivity contribution in [3.63, 3.8) is 0 Å². The van der Waals surface area contributed by atoms with Crippen molar-refractivity contribution in [3.05, 3.63) is 34.9 Å². The van der Waals surface area contributed by atoms with E-state index in [1.807, 2.05) is 32.0 Å². The van der Waals surface area contributed by atoms with E-state index in [-0.39, 0.29) is 11.7 Å². The Kier molecular flexibility index (Phi) is 5.24. The summed E-state index contributed by atoms with van der Waals surface area (Å²) in [7, 11) is -3.18. The van der Waals surface area contributed by atoms with Crippen LogP contribution < -0.4 is 0 Å². The molecule has 1 aromatic carbocycles. The fourth-order valence-corrected chi connectivity index (χ4v) is 3.83. The van der Waals surface area contributed by atoms with E-state index in [0.717, 1.165) is 11.1 Å². The highest BCUT2D eigenvalue weighted by Crippen LogP contribution is 2.16. The summed E-state index contributed by atoms with van der Waals surface area (Å²) < 4.78 is 25.5. The lowest BCUT2D eigenvalue weighted by Crippen LogP contribution is -2.38. The number of carbonyl (C=O) groups excluding carboxylic acids is 1. The molecule has 1 aliphatic heterocycles. The van der Waals surface area contributed by atoms with E-state index < -0.39 is 10.0 Å². The largest absolute Gasteiger partial charge is 0.337 e. The Labute approximate surface area is 133 Å². The standard InChI is InChI=1S/C16H24N2O3S/c1-4-22(20,21)18-9-5-8-17(10-11-18)16(19)15-12-13(2)6-7-14(15)3/h6-7,12H,4-5,8-11H2,1-3H3. The molecule has 0 saturated carbocycles. The minimum atomic E-state index is -3.18. The number of benzene rings is 1. The highest BCUT2D eigenvalue weighted by Gasteiger charge is 2.26. The number of amides is 1. The van der Waals surface area contributed by atoms with Crippen LogP contribution in [0.1, 0.15) is 34.8 Å². The Morgan fingerprint density at radius 3 is 2.55 bits per heavy atom. The molecule has 0 unspecified atom stereocenters. The molecule has 5 nitrogen and oxygen atoms in total. The van der Waals surface area contributed by atoms with Gasteiger partial charge < -0.3 is 4.90 Å². The summed E-state index contributed by atoms with van der Waals surface area (Å²) in [6.07, 6.45) is 0.676. The zero-order valence-corrected chi connectivity index (χ0v) is 14.3. The highest BCUT2D eigenvalue weighted by atomic mass is 32.2. The number of hydrogen-bond acceptors (Lipinski definition) is 3. The lowest BCUT2D eigenvalue weighted by Gasteiger charge is -2.22. The molecule has 1 saturated heterocycles. The maximum absolute atomic E-state index is 12.7. The smallest absolute Gasteiger partial charge is 0.254 e. The molecule has 0 N–H and O–H groups in total. The second-order valence-corrected chi connectivity index (χ2v) is 8.02. The van der Waals surface area contributed by atoms with Crippen molar-refractivity contribution in [1.29, 1.82) is 0 Å². The predicted molar refractivity (Wildman–Crippen MR) is 87.5 cm³/mol. The first kappa shape index (κ1) is 17.0. The van der Waals surface area contributed by atoms with Gasteiger partial charge >= 0.3 is 0 Å². The van der Waals surface area contributed by atoms with E-state index in [2.05, 4.69) is 0 Å². The summed E-state index contributed by atoms with van der Waals surface area (Å²) in [5.74, 6) is 0.106. The van der Waals surface area contributed by atoms with Gasteiger partial charge in [0.15, 0.2) is 0 Å². The van der Waals surface area contributed by atoms with Crippen LogP contribution in [-0.2, 0) is 10.0 Å². The Morgan fingerprint density at radius 1 is 1.14 bits per heavy atom. The van der Waals surface area contributed by atoms with Gasteiger partial charge in [-0.25, -0.2) is 12.7 Å². The molecular formula is C16H24N2O3S. The van der Waals surface area contributed by atoms with E-state index in [1.165, 1.54) is 4.31 Å². The average Bonchev–Trinajstić information content (AvgIpc) is 2.75. The monoisotopic (exact) mass is 324 g/mol. The van der Waals surface area contributed by atoms with Gasteiger partial charge in [-0.3, -0.25) is 4.79 Å². The van der Waals surface area contributed by atoms with Gasteiger partial charge in [-0.1, -0.05) is 17.7 Å². The molecule has 2 rings (SSSR count). The van der Waals surface area contributed by atoms with Crippen molar-refractivity contribution in [3.8, 4) is 0 Å². The van der Waals surface area contributed by atoms with Crippen LogP contribution in [0.3, 0.4) is 0 Å². The van der Waals surface area contributed by atoms with E-state index in [0.29, 0.717) is 38.2 Å². The van der Waals surface area contributed by atoms with Crippen molar-refractivity contribution >= 4 is 15.9 Å². The van der Waals surface area contributed by atoms with Crippen LogP contribution in [0.5, 0.6) is 0 Å². The van der Waals surface area contributed by atoms with Crippen LogP contribution in [-0.4, -0.2) is 55.5 Å². The van der Waals surface area contributed by atoms with Crippen molar-refractivity contribution in [1.82, 2.24) is 9.21 Å². The number of nitrogens with zero attached hydrogens (tertiary/aromatic N) is 2. The van der Waals surface area contributed by atoms with Gasteiger partial charge in [0.25, 0.3) is 5.91 Å². The molecule has 1 amide bonds. The first-order valence-electron chi connectivity index (χ1n) is 7.69. The molecule has 0 spiro atoms.